The van der Waals surface area contributed by atoms with E-state index < -0.39 is 5.60 Å². The molecule has 2 aliphatic rings. The van der Waals surface area contributed by atoms with Crippen LogP contribution in [-0.4, -0.2) is 41.3 Å². The number of carbonyl (C=O) groups excluding carboxylic acids is 1. The van der Waals surface area contributed by atoms with Crippen LogP contribution in [0.1, 0.15) is 56.9 Å². The van der Waals surface area contributed by atoms with Crippen molar-refractivity contribution in [1.82, 2.24) is 9.88 Å². The van der Waals surface area contributed by atoms with Crippen molar-refractivity contribution >= 4 is 17.7 Å². The maximum Gasteiger partial charge on any atom is 0.410 e. The molecule has 0 N–H and O–H groups in total. The fraction of sp³-hybridized carbons (Fsp3) is 0.478. The average Bonchev–Trinajstić information content (AvgIpc) is 2.72. The first kappa shape index (κ1) is 20.8. The summed E-state index contributed by atoms with van der Waals surface area (Å²) in [5.74, 6) is 1.83. The van der Waals surface area contributed by atoms with Gasteiger partial charge < -0.3 is 19.1 Å². The topological polar surface area (TPSA) is 60.9 Å². The van der Waals surface area contributed by atoms with Gasteiger partial charge in [-0.1, -0.05) is 23.7 Å². The van der Waals surface area contributed by atoms with E-state index in [0.29, 0.717) is 30.6 Å². The van der Waals surface area contributed by atoms with Crippen LogP contribution in [0.2, 0.25) is 5.02 Å². The number of piperidine rings is 1. The lowest BCUT2D eigenvalue weighted by Gasteiger charge is -2.35. The van der Waals surface area contributed by atoms with Gasteiger partial charge in [-0.05, 0) is 57.7 Å². The number of amides is 1. The zero-order valence-electron chi connectivity index (χ0n) is 17.6. The second-order valence-corrected chi connectivity index (χ2v) is 9.17. The van der Waals surface area contributed by atoms with E-state index in [1.807, 2.05) is 39.0 Å². The molecular formula is C23H27ClN2O4. The molecule has 0 aliphatic carbocycles. The second-order valence-electron chi connectivity index (χ2n) is 8.73. The molecule has 0 radical (unpaired) electrons. The van der Waals surface area contributed by atoms with Crippen LogP contribution < -0.4 is 9.47 Å². The zero-order chi connectivity index (χ0) is 21.3. The highest BCUT2D eigenvalue weighted by Crippen LogP contribution is 2.44. The summed E-state index contributed by atoms with van der Waals surface area (Å²) in [6.45, 7) is 7.38. The van der Waals surface area contributed by atoms with Crippen molar-refractivity contribution in [2.75, 3.05) is 19.7 Å². The summed E-state index contributed by atoms with van der Waals surface area (Å²) in [6.07, 6.45) is 2.79. The minimum absolute atomic E-state index is 0.246. The smallest absolute Gasteiger partial charge is 0.410 e. The van der Waals surface area contributed by atoms with Gasteiger partial charge in [-0.15, -0.1) is 0 Å². The van der Waals surface area contributed by atoms with Gasteiger partial charge in [0, 0.05) is 24.8 Å². The van der Waals surface area contributed by atoms with E-state index in [1.54, 1.807) is 17.2 Å². The Labute approximate surface area is 182 Å². The monoisotopic (exact) mass is 430 g/mol. The summed E-state index contributed by atoms with van der Waals surface area (Å²) in [4.78, 5) is 18.5. The minimum Gasteiger partial charge on any atom is -0.485 e. The third kappa shape index (κ3) is 4.64. The molecule has 1 atom stereocenters. The second kappa shape index (κ2) is 8.34. The number of fused-ring (bicyclic) bond motifs is 1. The first-order chi connectivity index (χ1) is 14.3. The summed E-state index contributed by atoms with van der Waals surface area (Å²) < 4.78 is 17.8. The summed E-state index contributed by atoms with van der Waals surface area (Å²) in [7, 11) is 0. The number of aromatic nitrogens is 1. The van der Waals surface area contributed by atoms with Gasteiger partial charge in [0.2, 0.25) is 0 Å². The number of rotatable bonds is 2. The van der Waals surface area contributed by atoms with Gasteiger partial charge in [0.1, 0.15) is 12.2 Å². The molecule has 2 aromatic rings. The van der Waals surface area contributed by atoms with E-state index in [9.17, 15) is 4.79 Å². The molecule has 0 bridgehead atoms. The normalized spacial score (nSPS) is 19.5. The van der Waals surface area contributed by atoms with Crippen LogP contribution in [0, 0.1) is 0 Å². The molecule has 1 unspecified atom stereocenters. The number of benzene rings is 1. The third-order valence-corrected chi connectivity index (χ3v) is 5.55. The summed E-state index contributed by atoms with van der Waals surface area (Å²) in [5, 5.41) is 0.591. The molecule has 1 fully saturated rings. The molecule has 4 rings (SSSR count). The van der Waals surface area contributed by atoms with Gasteiger partial charge in [0.05, 0.1) is 10.7 Å². The Hall–Kier alpha value is -2.47. The fourth-order valence-corrected chi connectivity index (χ4v) is 3.97. The molecule has 1 aromatic carbocycles. The van der Waals surface area contributed by atoms with E-state index >= 15 is 0 Å². The Morgan fingerprint density at radius 1 is 1.20 bits per heavy atom. The molecular weight excluding hydrogens is 404 g/mol. The molecule has 0 saturated carbocycles. The van der Waals surface area contributed by atoms with E-state index in [4.69, 9.17) is 25.8 Å². The predicted octanol–water partition coefficient (Wildman–Crippen LogP) is 5.36. The first-order valence-corrected chi connectivity index (χ1v) is 10.7. The SMILES string of the molecule is CC(C)(C)OC(=O)N1CCC(c2cccc3c2OC(c2ccc(Cl)cn2)CO3)CC1. The lowest BCUT2D eigenvalue weighted by atomic mass is 9.88. The van der Waals surface area contributed by atoms with Gasteiger partial charge in [0.15, 0.2) is 17.6 Å². The summed E-state index contributed by atoms with van der Waals surface area (Å²) >= 11 is 5.96. The average molecular weight is 431 g/mol. The van der Waals surface area contributed by atoms with Crippen LogP contribution in [-0.2, 0) is 4.74 Å². The number of carbonyl (C=O) groups is 1. The number of likely N-dealkylation sites (tertiary alicyclic amines) is 1. The lowest BCUT2D eigenvalue weighted by Crippen LogP contribution is -2.41. The molecule has 2 aliphatic heterocycles. The van der Waals surface area contributed by atoms with Crippen LogP contribution in [0.5, 0.6) is 11.5 Å². The Morgan fingerprint density at radius 3 is 2.63 bits per heavy atom. The van der Waals surface area contributed by atoms with Crippen molar-refractivity contribution in [3.8, 4) is 11.5 Å². The summed E-state index contributed by atoms with van der Waals surface area (Å²) in [5.41, 5.74) is 1.43. The highest BCUT2D eigenvalue weighted by atomic mass is 35.5. The maximum atomic E-state index is 12.4. The number of ether oxygens (including phenoxy) is 3. The molecule has 30 heavy (non-hydrogen) atoms. The number of para-hydroxylation sites is 1. The van der Waals surface area contributed by atoms with Crippen molar-refractivity contribution in [3.63, 3.8) is 0 Å². The van der Waals surface area contributed by atoms with Crippen LogP contribution in [0.3, 0.4) is 0 Å². The van der Waals surface area contributed by atoms with Gasteiger partial charge in [-0.3, -0.25) is 4.98 Å². The quantitative estimate of drug-likeness (QED) is 0.641. The number of hydrogen-bond donors (Lipinski definition) is 0. The predicted molar refractivity (Wildman–Crippen MR) is 114 cm³/mol. The molecule has 0 spiro atoms. The number of halogens is 1. The maximum absolute atomic E-state index is 12.4. The van der Waals surface area contributed by atoms with Crippen molar-refractivity contribution in [1.29, 1.82) is 0 Å². The zero-order valence-corrected chi connectivity index (χ0v) is 18.3. The van der Waals surface area contributed by atoms with Crippen LogP contribution in [0.4, 0.5) is 4.79 Å². The van der Waals surface area contributed by atoms with Crippen LogP contribution >= 0.6 is 11.6 Å². The molecule has 160 valence electrons. The highest BCUT2D eigenvalue weighted by Gasteiger charge is 2.32. The van der Waals surface area contributed by atoms with E-state index in [2.05, 4.69) is 11.1 Å². The minimum atomic E-state index is -0.484. The Kier molecular flexibility index (Phi) is 5.78. The van der Waals surface area contributed by atoms with E-state index in [1.165, 1.54) is 0 Å². The summed E-state index contributed by atoms with van der Waals surface area (Å²) in [6, 6.07) is 9.69. The molecule has 3 heterocycles. The Bertz CT molecular complexity index is 902. The van der Waals surface area contributed by atoms with Crippen molar-refractivity contribution in [3.05, 3.63) is 52.8 Å². The van der Waals surface area contributed by atoms with Gasteiger partial charge in [-0.2, -0.15) is 0 Å². The molecule has 1 aromatic heterocycles. The number of nitrogens with zero attached hydrogens (tertiary/aromatic N) is 2. The standard InChI is InChI=1S/C23H27ClN2O4/c1-23(2,3)30-22(27)26-11-9-15(10-12-26)17-5-4-6-19-21(17)29-20(14-28-19)18-8-7-16(24)13-25-18/h4-8,13,15,20H,9-12,14H2,1-3H3. The van der Waals surface area contributed by atoms with Crippen LogP contribution in [0.25, 0.3) is 0 Å². The molecule has 1 amide bonds. The molecule has 7 heteroatoms. The Morgan fingerprint density at radius 2 is 1.97 bits per heavy atom. The van der Waals surface area contributed by atoms with Gasteiger partial charge in [-0.25, -0.2) is 4.79 Å². The fourth-order valence-electron chi connectivity index (χ4n) is 3.86. The van der Waals surface area contributed by atoms with Gasteiger partial charge in [0.25, 0.3) is 0 Å². The molecule has 1 saturated heterocycles. The molecule has 6 nitrogen and oxygen atoms in total. The van der Waals surface area contributed by atoms with Crippen LogP contribution in [0.15, 0.2) is 36.5 Å². The lowest BCUT2D eigenvalue weighted by molar-refractivity contribution is 0.0203. The van der Waals surface area contributed by atoms with Crippen molar-refractivity contribution in [2.45, 2.75) is 51.2 Å². The number of hydrogen-bond acceptors (Lipinski definition) is 5. The van der Waals surface area contributed by atoms with Gasteiger partial charge >= 0.3 is 6.09 Å². The highest BCUT2D eigenvalue weighted by molar-refractivity contribution is 6.30. The Balaban J connectivity index is 1.47. The van der Waals surface area contributed by atoms with Crippen molar-refractivity contribution in [2.24, 2.45) is 0 Å². The van der Waals surface area contributed by atoms with E-state index in [0.717, 1.165) is 35.6 Å². The third-order valence-electron chi connectivity index (χ3n) is 5.33. The largest absolute Gasteiger partial charge is 0.485 e. The number of pyridine rings is 1. The first-order valence-electron chi connectivity index (χ1n) is 10.3. The van der Waals surface area contributed by atoms with E-state index in [-0.39, 0.29) is 12.2 Å². The van der Waals surface area contributed by atoms with Crippen molar-refractivity contribution < 1.29 is 19.0 Å².